The highest BCUT2D eigenvalue weighted by atomic mass is 16.6. The SMILES string of the molecule is CC1=C(C(=O)O)C(c2cccc([N+](=O)[O-])c2)C(C(=O)OCCN)=C(C)[N+]1(C)CCC(c1ccccc1)c1ccccc1. The first-order chi connectivity index (χ1) is 20.1. The van der Waals surface area contributed by atoms with E-state index in [1.165, 1.54) is 18.2 Å². The Balaban J connectivity index is 1.87. The minimum atomic E-state index is -1.20. The summed E-state index contributed by atoms with van der Waals surface area (Å²) in [7, 11) is 1.90. The molecule has 4 rings (SSSR count). The number of esters is 1. The number of ether oxygens (including phenoxy) is 1. The van der Waals surface area contributed by atoms with Crippen LogP contribution in [0.25, 0.3) is 0 Å². The summed E-state index contributed by atoms with van der Waals surface area (Å²) in [6, 6.07) is 26.0. The topological polar surface area (TPSA) is 133 Å². The van der Waals surface area contributed by atoms with Crippen LogP contribution in [0.1, 0.15) is 48.8 Å². The number of nitro groups is 1. The fourth-order valence-electron chi connectivity index (χ4n) is 5.89. The Morgan fingerprint density at radius 1 is 0.952 bits per heavy atom. The van der Waals surface area contributed by atoms with Crippen molar-refractivity contribution in [2.75, 3.05) is 26.7 Å². The third-order valence-electron chi connectivity index (χ3n) is 8.32. The van der Waals surface area contributed by atoms with E-state index in [2.05, 4.69) is 24.3 Å². The monoisotopic (exact) mass is 570 g/mol. The fraction of sp³-hybridized carbons (Fsp3) is 0.273. The van der Waals surface area contributed by atoms with Crippen LogP contribution in [0.2, 0.25) is 0 Å². The number of aliphatic carboxylic acids is 1. The number of nitrogens with two attached hydrogens (primary N) is 1. The standard InChI is InChI=1S/C33H35N3O6/c1-22-29(32(37)38)31(26-15-10-16-27(21-26)35(40)41)30(33(39)42-20-18-34)23(2)36(22,3)19-17-28(24-11-6-4-7-12-24)25-13-8-5-9-14-25/h4-16,21,28,31H,17-20,34H2,1-3H3/p+1. The molecule has 0 spiro atoms. The Labute approximate surface area is 245 Å². The second-order valence-electron chi connectivity index (χ2n) is 10.6. The molecule has 0 saturated carbocycles. The van der Waals surface area contributed by atoms with Crippen molar-refractivity contribution in [3.63, 3.8) is 0 Å². The second kappa shape index (κ2) is 12.9. The first-order valence-electron chi connectivity index (χ1n) is 13.8. The molecule has 1 aliphatic heterocycles. The predicted molar refractivity (Wildman–Crippen MR) is 159 cm³/mol. The zero-order chi connectivity index (χ0) is 30.4. The summed E-state index contributed by atoms with van der Waals surface area (Å²) in [6.07, 6.45) is 0.651. The van der Waals surface area contributed by atoms with Gasteiger partial charge in [-0.3, -0.25) is 14.6 Å². The number of carboxylic acids is 1. The number of nitrogens with zero attached hydrogens (tertiary/aromatic N) is 2. The van der Waals surface area contributed by atoms with E-state index < -0.39 is 22.8 Å². The van der Waals surface area contributed by atoms with Gasteiger partial charge in [0.2, 0.25) is 0 Å². The van der Waals surface area contributed by atoms with Gasteiger partial charge in [-0.1, -0.05) is 72.8 Å². The van der Waals surface area contributed by atoms with Crippen molar-refractivity contribution in [1.29, 1.82) is 0 Å². The molecule has 0 fully saturated rings. The Kier molecular flexibility index (Phi) is 9.35. The number of hydrogen-bond donors (Lipinski definition) is 2. The first-order valence-corrected chi connectivity index (χ1v) is 13.8. The minimum absolute atomic E-state index is 0.000677. The van der Waals surface area contributed by atoms with E-state index in [1.807, 2.05) is 50.4 Å². The van der Waals surface area contributed by atoms with Gasteiger partial charge in [0.25, 0.3) is 5.69 Å². The van der Waals surface area contributed by atoms with Gasteiger partial charge >= 0.3 is 11.9 Å². The maximum atomic E-state index is 13.6. The summed E-state index contributed by atoms with van der Waals surface area (Å²) in [5.74, 6) is -2.92. The van der Waals surface area contributed by atoms with Crippen LogP contribution in [-0.2, 0) is 14.3 Å². The van der Waals surface area contributed by atoms with Crippen LogP contribution < -0.4 is 5.73 Å². The smallest absolute Gasteiger partial charge is 0.340 e. The summed E-state index contributed by atoms with van der Waals surface area (Å²) in [5, 5.41) is 22.1. The van der Waals surface area contributed by atoms with E-state index in [0.717, 1.165) is 11.1 Å². The molecule has 1 heterocycles. The molecule has 0 bridgehead atoms. The van der Waals surface area contributed by atoms with Gasteiger partial charge in [-0.05, 0) is 16.7 Å². The maximum Gasteiger partial charge on any atom is 0.340 e. The molecule has 0 aliphatic carbocycles. The molecule has 0 radical (unpaired) electrons. The first kappa shape index (κ1) is 30.4. The van der Waals surface area contributed by atoms with E-state index in [1.54, 1.807) is 13.0 Å². The van der Waals surface area contributed by atoms with Gasteiger partial charge in [0.1, 0.15) is 29.1 Å². The third kappa shape index (κ3) is 6.02. The molecule has 0 amide bonds. The van der Waals surface area contributed by atoms with Crippen molar-refractivity contribution in [3.8, 4) is 0 Å². The molecule has 9 heteroatoms. The Hall–Kier alpha value is -4.60. The number of quaternary nitrogens is 1. The summed E-state index contributed by atoms with van der Waals surface area (Å²) in [4.78, 5) is 37.6. The molecular formula is C33H36N3O6+. The summed E-state index contributed by atoms with van der Waals surface area (Å²) in [5.41, 5.74) is 9.33. The summed E-state index contributed by atoms with van der Waals surface area (Å²) in [6.45, 7) is 4.11. The maximum absolute atomic E-state index is 13.6. The molecule has 2 unspecified atom stereocenters. The van der Waals surface area contributed by atoms with Gasteiger partial charge in [0.15, 0.2) is 0 Å². The van der Waals surface area contributed by atoms with Gasteiger partial charge in [0.05, 0.1) is 24.4 Å². The lowest BCUT2D eigenvalue weighted by Gasteiger charge is -2.42. The fourth-order valence-corrected chi connectivity index (χ4v) is 5.89. The highest BCUT2D eigenvalue weighted by Crippen LogP contribution is 2.46. The summed E-state index contributed by atoms with van der Waals surface area (Å²) < 4.78 is 5.55. The van der Waals surface area contributed by atoms with Gasteiger partial charge < -0.3 is 15.6 Å². The average molecular weight is 571 g/mol. The number of allylic oxidation sites excluding steroid dienone is 2. The number of hydrogen-bond acceptors (Lipinski definition) is 6. The Morgan fingerprint density at radius 2 is 1.52 bits per heavy atom. The highest BCUT2D eigenvalue weighted by molar-refractivity contribution is 5.98. The van der Waals surface area contributed by atoms with Crippen molar-refractivity contribution >= 4 is 17.6 Å². The minimum Gasteiger partial charge on any atom is -0.478 e. The van der Waals surface area contributed by atoms with Crippen molar-refractivity contribution in [2.45, 2.75) is 32.1 Å². The van der Waals surface area contributed by atoms with Crippen LogP contribution in [0.3, 0.4) is 0 Å². The number of carbonyl (C=O) groups excluding carboxylic acids is 1. The zero-order valence-electron chi connectivity index (χ0n) is 24.0. The van der Waals surface area contributed by atoms with Gasteiger partial charge in [-0.15, -0.1) is 0 Å². The largest absolute Gasteiger partial charge is 0.478 e. The van der Waals surface area contributed by atoms with E-state index in [0.29, 0.717) is 29.9 Å². The van der Waals surface area contributed by atoms with Crippen LogP contribution in [0.5, 0.6) is 0 Å². The number of non-ortho nitro benzene ring substituents is 1. The van der Waals surface area contributed by atoms with Crippen LogP contribution in [0.15, 0.2) is 107 Å². The molecule has 3 N–H and O–H groups in total. The quantitative estimate of drug-likeness (QED) is 0.135. The molecule has 3 aromatic carbocycles. The van der Waals surface area contributed by atoms with Crippen LogP contribution in [0, 0.1) is 10.1 Å². The van der Waals surface area contributed by atoms with E-state index in [9.17, 15) is 24.8 Å². The summed E-state index contributed by atoms with van der Waals surface area (Å²) >= 11 is 0. The Morgan fingerprint density at radius 3 is 2.05 bits per heavy atom. The molecule has 2 atom stereocenters. The number of rotatable bonds is 11. The molecule has 218 valence electrons. The molecule has 42 heavy (non-hydrogen) atoms. The van der Waals surface area contributed by atoms with Crippen molar-refractivity contribution in [3.05, 3.63) is 134 Å². The van der Waals surface area contributed by atoms with Gasteiger partial charge in [0, 0.05) is 44.9 Å². The lowest BCUT2D eigenvalue weighted by molar-refractivity contribution is -0.836. The molecule has 0 saturated heterocycles. The van der Waals surface area contributed by atoms with Gasteiger partial charge in [-0.2, -0.15) is 0 Å². The Bertz CT molecular complexity index is 1490. The second-order valence-corrected chi connectivity index (χ2v) is 10.6. The highest BCUT2D eigenvalue weighted by Gasteiger charge is 2.48. The van der Waals surface area contributed by atoms with E-state index in [-0.39, 0.29) is 40.4 Å². The lowest BCUT2D eigenvalue weighted by atomic mass is 9.78. The number of carbonyl (C=O) groups is 2. The predicted octanol–water partition coefficient (Wildman–Crippen LogP) is 5.50. The van der Waals surface area contributed by atoms with Gasteiger partial charge in [-0.25, -0.2) is 9.59 Å². The molecule has 1 aliphatic rings. The molecular weight excluding hydrogens is 534 g/mol. The third-order valence-corrected chi connectivity index (χ3v) is 8.32. The number of carboxylic acid groups (broad SMARTS) is 1. The number of nitro benzene ring substituents is 1. The van der Waals surface area contributed by atoms with Crippen molar-refractivity contribution in [2.24, 2.45) is 5.73 Å². The zero-order valence-corrected chi connectivity index (χ0v) is 24.0. The number of benzene rings is 3. The van der Waals surface area contributed by atoms with Crippen LogP contribution in [0.4, 0.5) is 5.69 Å². The van der Waals surface area contributed by atoms with Crippen molar-refractivity contribution < 1.29 is 28.8 Å². The molecule has 9 nitrogen and oxygen atoms in total. The lowest BCUT2D eigenvalue weighted by Crippen LogP contribution is -2.48. The molecule has 0 aromatic heterocycles. The normalized spacial score (nSPS) is 18.7. The average Bonchev–Trinajstić information content (AvgIpc) is 2.99. The van der Waals surface area contributed by atoms with Crippen LogP contribution in [-0.4, -0.2) is 53.2 Å². The van der Waals surface area contributed by atoms with Crippen molar-refractivity contribution in [1.82, 2.24) is 0 Å². The van der Waals surface area contributed by atoms with E-state index in [4.69, 9.17) is 10.5 Å². The van der Waals surface area contributed by atoms with E-state index >= 15 is 0 Å². The molecule has 3 aromatic rings. The van der Waals surface area contributed by atoms with Crippen LogP contribution >= 0.6 is 0 Å².